The largest absolute Gasteiger partial charge is 0.388 e. The van der Waals surface area contributed by atoms with Crippen molar-refractivity contribution in [2.45, 2.75) is 33.1 Å². The lowest BCUT2D eigenvalue weighted by atomic mass is 9.96. The fraction of sp³-hybridized carbons (Fsp3) is 0.471. The normalized spacial score (nSPS) is 10.3. The van der Waals surface area contributed by atoms with Crippen LogP contribution in [0.25, 0.3) is 0 Å². The second-order valence-electron chi connectivity index (χ2n) is 5.07. The van der Waals surface area contributed by atoms with Gasteiger partial charge < -0.3 is 10.6 Å². The number of carbonyl (C=O) groups excluding carboxylic acids is 1. The van der Waals surface area contributed by atoms with E-state index in [2.05, 4.69) is 29.3 Å². The number of Topliss-reactive ketones (excluding diaryl/α,β-unsaturated/α-hetero) is 1. The van der Waals surface area contributed by atoms with Gasteiger partial charge in [0, 0.05) is 30.8 Å². The highest BCUT2D eigenvalue weighted by Gasteiger charge is 2.10. The van der Waals surface area contributed by atoms with E-state index in [1.165, 1.54) is 0 Å². The van der Waals surface area contributed by atoms with E-state index >= 15 is 0 Å². The molecule has 0 aromatic heterocycles. The topological polar surface area (TPSA) is 41.1 Å². The number of aryl methyl sites for hydroxylation is 2. The summed E-state index contributed by atoms with van der Waals surface area (Å²) in [6.45, 7) is 9.76. The molecular weight excluding hydrogens is 248 g/mol. The summed E-state index contributed by atoms with van der Waals surface area (Å²) in [5.41, 5.74) is 4.15. The highest BCUT2D eigenvalue weighted by atomic mass is 16.1. The molecule has 110 valence electrons. The van der Waals surface area contributed by atoms with Gasteiger partial charge in [0.05, 0.1) is 0 Å². The zero-order chi connectivity index (χ0) is 15.0. The Morgan fingerprint density at radius 1 is 1.30 bits per heavy atom. The van der Waals surface area contributed by atoms with Gasteiger partial charge in [-0.2, -0.15) is 0 Å². The second kappa shape index (κ2) is 8.54. The SMILES string of the molecule is C=C(CCc1ccc(C)cc1C(=O)CC)NCCNC. The number of hydrogen-bond donors (Lipinski definition) is 2. The Labute approximate surface area is 122 Å². The van der Waals surface area contributed by atoms with E-state index in [9.17, 15) is 4.79 Å². The van der Waals surface area contributed by atoms with Gasteiger partial charge in [0.2, 0.25) is 0 Å². The van der Waals surface area contributed by atoms with E-state index in [1.54, 1.807) is 0 Å². The quantitative estimate of drug-likeness (QED) is 0.537. The Morgan fingerprint density at radius 2 is 2.05 bits per heavy atom. The zero-order valence-electron chi connectivity index (χ0n) is 12.9. The maximum absolute atomic E-state index is 12.0. The van der Waals surface area contributed by atoms with E-state index in [0.717, 1.165) is 48.3 Å². The van der Waals surface area contributed by atoms with Crippen molar-refractivity contribution in [3.63, 3.8) is 0 Å². The summed E-state index contributed by atoms with van der Waals surface area (Å²) >= 11 is 0. The molecule has 0 unspecified atom stereocenters. The molecule has 0 spiro atoms. The number of benzene rings is 1. The standard InChI is InChI=1S/C17H26N2O/c1-5-17(20)16-12-13(2)6-8-15(16)9-7-14(3)19-11-10-18-4/h6,8,12,18-19H,3,5,7,9-11H2,1-2,4H3. The zero-order valence-corrected chi connectivity index (χ0v) is 12.9. The van der Waals surface area contributed by atoms with E-state index < -0.39 is 0 Å². The number of allylic oxidation sites excluding steroid dienone is 1. The van der Waals surface area contributed by atoms with Gasteiger partial charge in [-0.25, -0.2) is 0 Å². The molecule has 0 aliphatic rings. The number of carbonyl (C=O) groups is 1. The van der Waals surface area contributed by atoms with Crippen LogP contribution in [0.15, 0.2) is 30.5 Å². The molecule has 20 heavy (non-hydrogen) atoms. The molecule has 1 aromatic rings. The van der Waals surface area contributed by atoms with Gasteiger partial charge in [0.1, 0.15) is 0 Å². The molecule has 0 atom stereocenters. The van der Waals surface area contributed by atoms with E-state index in [-0.39, 0.29) is 5.78 Å². The lowest BCUT2D eigenvalue weighted by Gasteiger charge is -2.12. The van der Waals surface area contributed by atoms with Gasteiger partial charge in [0.15, 0.2) is 5.78 Å². The van der Waals surface area contributed by atoms with Crippen LogP contribution in [0.1, 0.15) is 41.3 Å². The Bertz CT molecular complexity index is 466. The average Bonchev–Trinajstić information content (AvgIpc) is 2.45. The number of hydrogen-bond acceptors (Lipinski definition) is 3. The summed E-state index contributed by atoms with van der Waals surface area (Å²) in [5.74, 6) is 0.220. The van der Waals surface area contributed by atoms with E-state index in [1.807, 2.05) is 27.0 Å². The molecule has 0 aliphatic carbocycles. The average molecular weight is 274 g/mol. The minimum Gasteiger partial charge on any atom is -0.388 e. The highest BCUT2D eigenvalue weighted by molar-refractivity contribution is 5.97. The molecular formula is C17H26N2O. The Morgan fingerprint density at radius 3 is 2.70 bits per heavy atom. The third-order valence-electron chi connectivity index (χ3n) is 3.33. The molecule has 0 aliphatic heterocycles. The van der Waals surface area contributed by atoms with Gasteiger partial charge in [-0.3, -0.25) is 4.79 Å². The summed E-state index contributed by atoms with van der Waals surface area (Å²) in [5, 5.41) is 6.37. The van der Waals surface area contributed by atoms with E-state index in [0.29, 0.717) is 6.42 Å². The maximum Gasteiger partial charge on any atom is 0.162 e. The predicted molar refractivity (Wildman–Crippen MR) is 85.2 cm³/mol. The minimum atomic E-state index is 0.220. The van der Waals surface area contributed by atoms with Crippen LogP contribution in [0.3, 0.4) is 0 Å². The fourth-order valence-electron chi connectivity index (χ4n) is 2.10. The first-order valence-corrected chi connectivity index (χ1v) is 7.27. The van der Waals surface area contributed by atoms with Crippen LogP contribution in [0.5, 0.6) is 0 Å². The third-order valence-corrected chi connectivity index (χ3v) is 3.33. The van der Waals surface area contributed by atoms with Crippen molar-refractivity contribution in [1.82, 2.24) is 10.6 Å². The van der Waals surface area contributed by atoms with Crippen molar-refractivity contribution in [1.29, 1.82) is 0 Å². The fourth-order valence-corrected chi connectivity index (χ4v) is 2.10. The number of ketones is 1. The summed E-state index contributed by atoms with van der Waals surface area (Å²) in [4.78, 5) is 12.0. The monoisotopic (exact) mass is 274 g/mol. The summed E-state index contributed by atoms with van der Waals surface area (Å²) < 4.78 is 0. The minimum absolute atomic E-state index is 0.220. The van der Waals surface area contributed by atoms with E-state index in [4.69, 9.17) is 0 Å². The van der Waals surface area contributed by atoms with Crippen LogP contribution in [0.2, 0.25) is 0 Å². The van der Waals surface area contributed by atoms with Crippen LogP contribution in [-0.4, -0.2) is 25.9 Å². The molecule has 2 N–H and O–H groups in total. The van der Waals surface area contributed by atoms with Crippen LogP contribution < -0.4 is 10.6 Å². The highest BCUT2D eigenvalue weighted by Crippen LogP contribution is 2.17. The van der Waals surface area contributed by atoms with Crippen LogP contribution in [0, 0.1) is 6.92 Å². The Hall–Kier alpha value is -1.61. The van der Waals surface area contributed by atoms with Crippen molar-refractivity contribution in [3.05, 3.63) is 47.2 Å². The molecule has 3 heteroatoms. The molecule has 0 radical (unpaired) electrons. The molecule has 0 saturated carbocycles. The molecule has 0 saturated heterocycles. The van der Waals surface area contributed by atoms with Crippen LogP contribution in [-0.2, 0) is 6.42 Å². The molecule has 0 amide bonds. The molecule has 0 bridgehead atoms. The van der Waals surface area contributed by atoms with Gasteiger partial charge >= 0.3 is 0 Å². The van der Waals surface area contributed by atoms with Crippen LogP contribution >= 0.6 is 0 Å². The number of rotatable bonds is 9. The van der Waals surface area contributed by atoms with Crippen molar-refractivity contribution in [2.24, 2.45) is 0 Å². The smallest absolute Gasteiger partial charge is 0.162 e. The van der Waals surface area contributed by atoms with Gasteiger partial charge in [0.25, 0.3) is 0 Å². The second-order valence-corrected chi connectivity index (χ2v) is 5.07. The summed E-state index contributed by atoms with van der Waals surface area (Å²) in [6.07, 6.45) is 2.27. The number of likely N-dealkylation sites (N-methyl/N-ethyl adjacent to an activating group) is 1. The Kier molecular flexibility index (Phi) is 7.02. The van der Waals surface area contributed by atoms with Gasteiger partial charge in [-0.1, -0.05) is 31.2 Å². The van der Waals surface area contributed by atoms with Gasteiger partial charge in [-0.15, -0.1) is 0 Å². The first-order chi connectivity index (χ1) is 9.58. The first-order valence-electron chi connectivity index (χ1n) is 7.27. The van der Waals surface area contributed by atoms with Crippen molar-refractivity contribution < 1.29 is 4.79 Å². The summed E-state index contributed by atoms with van der Waals surface area (Å²) in [7, 11) is 1.93. The molecule has 0 fully saturated rings. The lowest BCUT2D eigenvalue weighted by Crippen LogP contribution is -2.24. The molecule has 1 rings (SSSR count). The summed E-state index contributed by atoms with van der Waals surface area (Å²) in [6, 6.07) is 6.14. The van der Waals surface area contributed by atoms with Crippen molar-refractivity contribution in [3.8, 4) is 0 Å². The lowest BCUT2D eigenvalue weighted by molar-refractivity contribution is 0.0987. The van der Waals surface area contributed by atoms with Crippen molar-refractivity contribution >= 4 is 5.78 Å². The Balaban J connectivity index is 2.63. The van der Waals surface area contributed by atoms with Crippen LogP contribution in [0.4, 0.5) is 0 Å². The van der Waals surface area contributed by atoms with Gasteiger partial charge in [-0.05, 0) is 38.4 Å². The third kappa shape index (κ3) is 5.17. The maximum atomic E-state index is 12.0. The molecule has 3 nitrogen and oxygen atoms in total. The number of nitrogens with one attached hydrogen (secondary N) is 2. The molecule has 0 heterocycles. The first kappa shape index (κ1) is 16.4. The van der Waals surface area contributed by atoms with Crippen molar-refractivity contribution in [2.75, 3.05) is 20.1 Å². The predicted octanol–water partition coefficient (Wildman–Crippen LogP) is 2.84. The molecule has 1 aromatic carbocycles.